The fourth-order valence-corrected chi connectivity index (χ4v) is 3.45. The van der Waals surface area contributed by atoms with E-state index in [1.54, 1.807) is 12.1 Å². The third kappa shape index (κ3) is 4.07. The normalized spacial score (nSPS) is 19.4. The number of aliphatic hydroxyl groups excluding tert-OH is 1. The number of carbonyl (C=O) groups excluding carboxylic acids is 1. The van der Waals surface area contributed by atoms with E-state index in [-0.39, 0.29) is 5.69 Å². The first kappa shape index (κ1) is 18.0. The van der Waals surface area contributed by atoms with Crippen molar-refractivity contribution in [2.24, 2.45) is 0 Å². The van der Waals surface area contributed by atoms with Gasteiger partial charge in [-0.3, -0.25) is 5.32 Å². The molecule has 2 unspecified atom stereocenters. The Kier molecular flexibility index (Phi) is 5.29. The lowest BCUT2D eigenvalue weighted by atomic mass is 10.2. The summed E-state index contributed by atoms with van der Waals surface area (Å²) in [5.74, 6) is 0.845. The first-order valence-electron chi connectivity index (χ1n) is 8.16. The Balaban J connectivity index is 1.57. The molecular formula is C16H19N7O2S. The second-order valence-electron chi connectivity index (χ2n) is 6.30. The average molecular weight is 373 g/mol. The van der Waals surface area contributed by atoms with Gasteiger partial charge in [-0.2, -0.15) is 5.26 Å². The summed E-state index contributed by atoms with van der Waals surface area (Å²) in [6.07, 6.45) is -0.735. The van der Waals surface area contributed by atoms with Crippen LogP contribution in [-0.2, 0) is 0 Å². The van der Waals surface area contributed by atoms with Gasteiger partial charge in [0.15, 0.2) is 16.6 Å². The Labute approximate surface area is 154 Å². The Hall–Kier alpha value is -2.77. The van der Waals surface area contributed by atoms with Gasteiger partial charge in [-0.05, 0) is 18.1 Å². The maximum Gasteiger partial charge on any atom is 0.321 e. The molecule has 1 aliphatic rings. The molecule has 26 heavy (non-hydrogen) atoms. The molecule has 2 atom stereocenters. The summed E-state index contributed by atoms with van der Waals surface area (Å²) in [5, 5.41) is 34.6. The monoisotopic (exact) mass is 373 g/mol. The number of nitriles is 1. The number of thiazole rings is 1. The molecule has 2 aromatic heterocycles. The molecule has 0 spiro atoms. The Morgan fingerprint density at radius 2 is 2.23 bits per heavy atom. The number of anilines is 2. The van der Waals surface area contributed by atoms with E-state index in [0.29, 0.717) is 30.0 Å². The largest absolute Gasteiger partial charge is 0.389 e. The minimum atomic E-state index is -0.735. The lowest BCUT2D eigenvalue weighted by molar-refractivity contribution is 0.165. The summed E-state index contributed by atoms with van der Waals surface area (Å²) >= 11 is 1.37. The van der Waals surface area contributed by atoms with Crippen molar-refractivity contribution in [3.05, 3.63) is 28.9 Å². The van der Waals surface area contributed by atoms with E-state index in [2.05, 4.69) is 25.8 Å². The molecule has 2 aromatic rings. The van der Waals surface area contributed by atoms with Gasteiger partial charge in [-0.1, -0.05) is 13.8 Å². The molecule has 0 radical (unpaired) electrons. The van der Waals surface area contributed by atoms with E-state index < -0.39 is 18.2 Å². The van der Waals surface area contributed by atoms with Crippen LogP contribution in [-0.4, -0.2) is 51.6 Å². The van der Waals surface area contributed by atoms with Gasteiger partial charge in [0, 0.05) is 18.5 Å². The fraction of sp³-hybridized carbons (Fsp3) is 0.438. The highest BCUT2D eigenvalue weighted by Gasteiger charge is 2.33. The second-order valence-corrected chi connectivity index (χ2v) is 7.16. The number of aliphatic hydroxyl groups is 1. The lowest BCUT2D eigenvalue weighted by Crippen LogP contribution is -2.44. The Morgan fingerprint density at radius 1 is 1.42 bits per heavy atom. The van der Waals surface area contributed by atoms with Crippen LogP contribution >= 0.6 is 11.3 Å². The molecule has 9 nitrogen and oxygen atoms in total. The zero-order valence-corrected chi connectivity index (χ0v) is 15.2. The van der Waals surface area contributed by atoms with E-state index in [9.17, 15) is 9.90 Å². The summed E-state index contributed by atoms with van der Waals surface area (Å²) in [4.78, 5) is 18.3. The third-order valence-corrected chi connectivity index (χ3v) is 4.80. The van der Waals surface area contributed by atoms with Gasteiger partial charge < -0.3 is 15.3 Å². The molecule has 0 saturated carbocycles. The van der Waals surface area contributed by atoms with Gasteiger partial charge in [0.2, 0.25) is 0 Å². The van der Waals surface area contributed by atoms with Crippen LogP contribution in [0.1, 0.15) is 31.2 Å². The highest BCUT2D eigenvalue weighted by Crippen LogP contribution is 2.22. The van der Waals surface area contributed by atoms with Crippen LogP contribution < -0.4 is 15.5 Å². The molecule has 1 fully saturated rings. The molecule has 0 bridgehead atoms. The quantitative estimate of drug-likeness (QED) is 0.737. The van der Waals surface area contributed by atoms with Crippen molar-refractivity contribution in [2.75, 3.05) is 23.3 Å². The summed E-state index contributed by atoms with van der Waals surface area (Å²) < 4.78 is 0. The molecule has 0 aromatic carbocycles. The van der Waals surface area contributed by atoms with E-state index in [4.69, 9.17) is 5.26 Å². The molecule has 3 N–H and O–H groups in total. The predicted molar refractivity (Wildman–Crippen MR) is 97.1 cm³/mol. The second kappa shape index (κ2) is 7.63. The Morgan fingerprint density at radius 3 is 2.85 bits per heavy atom. The molecule has 3 rings (SSSR count). The van der Waals surface area contributed by atoms with E-state index in [1.807, 2.05) is 30.2 Å². The molecule has 3 heterocycles. The standard InChI is InChI=1S/C16H19N7O2S/c1-9(2)12-8-26-16(19-12)20-15(25)18-11-6-23(7-13(11)24)14-4-3-10(5-17)21-22-14/h3-4,8-9,11,13,24H,6-7H2,1-2H3,(H2,18,19,20,25). The van der Waals surface area contributed by atoms with Gasteiger partial charge in [-0.15, -0.1) is 21.5 Å². The molecule has 1 saturated heterocycles. The zero-order valence-electron chi connectivity index (χ0n) is 14.4. The summed E-state index contributed by atoms with van der Waals surface area (Å²) in [6.45, 7) is 4.79. The first-order chi connectivity index (χ1) is 12.5. The van der Waals surface area contributed by atoms with Crippen LogP contribution in [0.25, 0.3) is 0 Å². The van der Waals surface area contributed by atoms with E-state index in [0.717, 1.165) is 5.69 Å². The van der Waals surface area contributed by atoms with E-state index in [1.165, 1.54) is 11.3 Å². The van der Waals surface area contributed by atoms with Crippen molar-refractivity contribution in [3.8, 4) is 6.07 Å². The maximum atomic E-state index is 12.2. The van der Waals surface area contributed by atoms with Gasteiger partial charge in [-0.25, -0.2) is 9.78 Å². The zero-order chi connectivity index (χ0) is 18.7. The summed E-state index contributed by atoms with van der Waals surface area (Å²) in [7, 11) is 0. The molecule has 10 heteroatoms. The van der Waals surface area contributed by atoms with Crippen molar-refractivity contribution in [1.29, 1.82) is 5.26 Å². The smallest absolute Gasteiger partial charge is 0.321 e. The average Bonchev–Trinajstić information content (AvgIpc) is 3.22. The molecule has 1 aliphatic heterocycles. The number of urea groups is 1. The first-order valence-corrected chi connectivity index (χ1v) is 9.04. The number of β-amino-alcohol motifs (C(OH)–C–C–N with tert-alkyl or cyclic N) is 1. The van der Waals surface area contributed by atoms with Gasteiger partial charge >= 0.3 is 6.03 Å². The number of aromatic nitrogens is 3. The molecule has 2 amide bonds. The number of amides is 2. The number of nitrogens with one attached hydrogen (secondary N) is 2. The van der Waals surface area contributed by atoms with E-state index >= 15 is 0 Å². The van der Waals surface area contributed by atoms with Crippen LogP contribution in [0.15, 0.2) is 17.5 Å². The SMILES string of the molecule is CC(C)c1csc(NC(=O)NC2CN(c3ccc(C#N)nn3)CC2O)n1. The van der Waals surface area contributed by atoms with Crippen molar-refractivity contribution < 1.29 is 9.90 Å². The molecular weight excluding hydrogens is 354 g/mol. The fourth-order valence-electron chi connectivity index (χ4n) is 2.58. The molecule has 136 valence electrons. The van der Waals surface area contributed by atoms with Crippen molar-refractivity contribution >= 4 is 28.3 Å². The predicted octanol–water partition coefficient (Wildman–Crippen LogP) is 1.30. The van der Waals surface area contributed by atoms with Crippen molar-refractivity contribution in [3.63, 3.8) is 0 Å². The topological polar surface area (TPSA) is 127 Å². The lowest BCUT2D eigenvalue weighted by Gasteiger charge is -2.17. The summed E-state index contributed by atoms with van der Waals surface area (Å²) in [6, 6.07) is 4.29. The number of rotatable bonds is 4. The number of carbonyl (C=O) groups is 1. The van der Waals surface area contributed by atoms with Gasteiger partial charge in [0.25, 0.3) is 0 Å². The van der Waals surface area contributed by atoms with Crippen LogP contribution in [0.3, 0.4) is 0 Å². The highest BCUT2D eigenvalue weighted by atomic mass is 32.1. The summed E-state index contributed by atoms with van der Waals surface area (Å²) in [5.41, 5.74) is 1.16. The Bertz CT molecular complexity index is 815. The van der Waals surface area contributed by atoms with Crippen LogP contribution in [0.2, 0.25) is 0 Å². The van der Waals surface area contributed by atoms with Crippen LogP contribution in [0.5, 0.6) is 0 Å². The van der Waals surface area contributed by atoms with Crippen LogP contribution in [0.4, 0.5) is 15.7 Å². The van der Waals surface area contributed by atoms with Crippen LogP contribution in [0, 0.1) is 11.3 Å². The molecule has 0 aliphatic carbocycles. The van der Waals surface area contributed by atoms with Crippen molar-refractivity contribution in [2.45, 2.75) is 31.9 Å². The maximum absolute atomic E-state index is 12.2. The third-order valence-electron chi connectivity index (χ3n) is 4.03. The highest BCUT2D eigenvalue weighted by molar-refractivity contribution is 7.13. The number of hydrogen-bond acceptors (Lipinski definition) is 8. The van der Waals surface area contributed by atoms with Gasteiger partial charge in [0.05, 0.1) is 17.8 Å². The van der Waals surface area contributed by atoms with Gasteiger partial charge in [0.1, 0.15) is 6.07 Å². The minimum absolute atomic E-state index is 0.228. The number of nitrogens with zero attached hydrogens (tertiary/aromatic N) is 5. The number of hydrogen-bond donors (Lipinski definition) is 3. The van der Waals surface area contributed by atoms with Crippen molar-refractivity contribution in [1.82, 2.24) is 20.5 Å². The minimum Gasteiger partial charge on any atom is -0.389 e.